The third kappa shape index (κ3) is 4.73. The van der Waals surface area contributed by atoms with Crippen LogP contribution in [-0.4, -0.2) is 29.9 Å². The van der Waals surface area contributed by atoms with Crippen molar-refractivity contribution in [3.8, 4) is 45.0 Å². The lowest BCUT2D eigenvalue weighted by atomic mass is 9.95. The van der Waals surface area contributed by atoms with Crippen LogP contribution in [0, 0.1) is 0 Å². The first-order valence-corrected chi connectivity index (χ1v) is 16.5. The van der Waals surface area contributed by atoms with Crippen LogP contribution in [-0.2, 0) is 0 Å². The molecule has 5 heterocycles. The van der Waals surface area contributed by atoms with Gasteiger partial charge in [0.05, 0.1) is 44.8 Å². The molecule has 0 spiro atoms. The van der Waals surface area contributed by atoms with E-state index in [4.69, 9.17) is 15.0 Å². The minimum Gasteiger partial charge on any atom is -0.254 e. The second kappa shape index (κ2) is 11.4. The lowest BCUT2D eigenvalue weighted by Gasteiger charge is -2.13. The average molecular weight is 639 g/mol. The standard InChI is InChI=1S/C44H26N6/c1-2-6-34-33(5-1)35(16-17-36(34)38-19-15-30-10-9-29-4-3-22-46-43(29)44(30)50-38)37-18-13-27-7-11-31(24-41(27)48-37)32-12-8-28-14-20-40(49-42(28)25-32)39-21-23-45-26-47-39/h1-26H. The van der Waals surface area contributed by atoms with Crippen molar-refractivity contribution in [3.63, 3.8) is 0 Å². The summed E-state index contributed by atoms with van der Waals surface area (Å²) in [6.07, 6.45) is 5.11. The van der Waals surface area contributed by atoms with Crippen molar-refractivity contribution < 1.29 is 0 Å². The van der Waals surface area contributed by atoms with E-state index < -0.39 is 0 Å². The predicted molar refractivity (Wildman–Crippen MR) is 202 cm³/mol. The van der Waals surface area contributed by atoms with Crippen LogP contribution in [0.2, 0.25) is 0 Å². The molecule has 6 heteroatoms. The molecule has 0 atom stereocenters. The van der Waals surface area contributed by atoms with Crippen LogP contribution in [0.5, 0.6) is 0 Å². The van der Waals surface area contributed by atoms with E-state index in [1.54, 1.807) is 12.5 Å². The molecular formula is C44H26N6. The first-order valence-electron chi connectivity index (χ1n) is 16.5. The number of nitrogens with zero attached hydrogens (tertiary/aromatic N) is 6. The summed E-state index contributed by atoms with van der Waals surface area (Å²) >= 11 is 0. The Labute approximate surface area is 286 Å². The first kappa shape index (κ1) is 28.1. The second-order valence-corrected chi connectivity index (χ2v) is 12.4. The van der Waals surface area contributed by atoms with Gasteiger partial charge in [0.1, 0.15) is 6.33 Å². The van der Waals surface area contributed by atoms with Crippen LogP contribution in [0.15, 0.2) is 158 Å². The molecule has 0 amide bonds. The highest BCUT2D eigenvalue weighted by molar-refractivity contribution is 6.07. The van der Waals surface area contributed by atoms with Crippen molar-refractivity contribution in [3.05, 3.63) is 158 Å². The third-order valence-corrected chi connectivity index (χ3v) is 9.47. The summed E-state index contributed by atoms with van der Waals surface area (Å²) in [5.74, 6) is 0. The summed E-state index contributed by atoms with van der Waals surface area (Å²) in [7, 11) is 0. The van der Waals surface area contributed by atoms with Crippen LogP contribution in [0.25, 0.3) is 99.4 Å². The van der Waals surface area contributed by atoms with E-state index >= 15 is 0 Å². The van der Waals surface area contributed by atoms with Gasteiger partial charge in [-0.15, -0.1) is 0 Å². The van der Waals surface area contributed by atoms with E-state index in [0.717, 1.165) is 99.4 Å². The van der Waals surface area contributed by atoms with Gasteiger partial charge in [0, 0.05) is 45.1 Å². The molecule has 0 bridgehead atoms. The van der Waals surface area contributed by atoms with E-state index in [-0.39, 0.29) is 0 Å². The SMILES string of the molecule is c1cnc2c(c1)ccc1ccc(-c3ccc(-c4ccc5ccc(-c6ccc7ccc(-c8ccncn8)nc7c6)cc5n4)c4ccccc34)nc12. The lowest BCUT2D eigenvalue weighted by molar-refractivity contribution is 1.16. The first-order chi connectivity index (χ1) is 24.7. The minimum atomic E-state index is 0.801. The molecule has 232 valence electrons. The van der Waals surface area contributed by atoms with Crippen LogP contribution in [0.4, 0.5) is 0 Å². The van der Waals surface area contributed by atoms with Crippen LogP contribution < -0.4 is 0 Å². The Kier molecular flexibility index (Phi) is 6.39. The highest BCUT2D eigenvalue weighted by Gasteiger charge is 2.14. The van der Waals surface area contributed by atoms with Crippen LogP contribution >= 0.6 is 0 Å². The topological polar surface area (TPSA) is 77.3 Å². The van der Waals surface area contributed by atoms with Crippen molar-refractivity contribution in [2.45, 2.75) is 0 Å². The molecule has 0 saturated carbocycles. The van der Waals surface area contributed by atoms with Crippen molar-refractivity contribution in [2.75, 3.05) is 0 Å². The van der Waals surface area contributed by atoms with Crippen molar-refractivity contribution in [1.82, 2.24) is 29.9 Å². The quantitative estimate of drug-likeness (QED) is 0.179. The maximum Gasteiger partial charge on any atom is 0.116 e. The van der Waals surface area contributed by atoms with Gasteiger partial charge in [0.25, 0.3) is 0 Å². The molecular weight excluding hydrogens is 613 g/mol. The highest BCUT2D eigenvalue weighted by atomic mass is 14.8. The number of rotatable bonds is 4. The zero-order valence-electron chi connectivity index (χ0n) is 26.7. The molecule has 0 fully saturated rings. The Bertz CT molecular complexity index is 2940. The zero-order valence-corrected chi connectivity index (χ0v) is 26.7. The molecule has 10 rings (SSSR count). The molecule has 0 aliphatic rings. The number of hydrogen-bond donors (Lipinski definition) is 0. The number of fused-ring (bicyclic) bond motifs is 6. The molecule has 6 nitrogen and oxygen atoms in total. The summed E-state index contributed by atoms with van der Waals surface area (Å²) in [4.78, 5) is 28.4. The molecule has 0 aliphatic carbocycles. The molecule has 0 N–H and O–H groups in total. The van der Waals surface area contributed by atoms with E-state index in [0.29, 0.717) is 0 Å². The molecule has 0 unspecified atom stereocenters. The number of pyridine rings is 4. The largest absolute Gasteiger partial charge is 0.254 e. The Balaban J connectivity index is 1.06. The maximum absolute atomic E-state index is 5.22. The lowest BCUT2D eigenvalue weighted by Crippen LogP contribution is -1.92. The fraction of sp³-hybridized carbons (Fsp3) is 0. The molecule has 0 aliphatic heterocycles. The Morgan fingerprint density at radius 1 is 0.360 bits per heavy atom. The smallest absolute Gasteiger partial charge is 0.116 e. The summed E-state index contributed by atoms with van der Waals surface area (Å²) in [5, 5.41) is 6.58. The van der Waals surface area contributed by atoms with Gasteiger partial charge >= 0.3 is 0 Å². The van der Waals surface area contributed by atoms with Gasteiger partial charge in [-0.2, -0.15) is 0 Å². The van der Waals surface area contributed by atoms with Gasteiger partial charge in [0.2, 0.25) is 0 Å². The molecule has 5 aromatic heterocycles. The van der Waals surface area contributed by atoms with Crippen molar-refractivity contribution >= 4 is 54.4 Å². The fourth-order valence-electron chi connectivity index (χ4n) is 6.95. The van der Waals surface area contributed by atoms with Crippen LogP contribution in [0.1, 0.15) is 0 Å². The van der Waals surface area contributed by atoms with Gasteiger partial charge in [0.15, 0.2) is 0 Å². The summed E-state index contributed by atoms with van der Waals surface area (Å²) in [6.45, 7) is 0. The van der Waals surface area contributed by atoms with E-state index in [1.807, 2.05) is 24.4 Å². The normalized spacial score (nSPS) is 11.6. The average Bonchev–Trinajstić information content (AvgIpc) is 3.19. The van der Waals surface area contributed by atoms with E-state index in [9.17, 15) is 0 Å². The fourth-order valence-corrected chi connectivity index (χ4v) is 6.95. The summed E-state index contributed by atoms with van der Waals surface area (Å²) in [6, 6.07) is 48.5. The Hall–Kier alpha value is -6.92. The maximum atomic E-state index is 5.22. The molecule has 50 heavy (non-hydrogen) atoms. The monoisotopic (exact) mass is 638 g/mol. The van der Waals surface area contributed by atoms with Crippen LogP contribution in [0.3, 0.4) is 0 Å². The van der Waals surface area contributed by atoms with Crippen molar-refractivity contribution in [1.29, 1.82) is 0 Å². The zero-order chi connectivity index (χ0) is 33.0. The number of aromatic nitrogens is 6. The molecule has 10 aromatic rings. The summed E-state index contributed by atoms with van der Waals surface area (Å²) in [5.41, 5.74) is 11.5. The Morgan fingerprint density at radius 2 is 0.940 bits per heavy atom. The van der Waals surface area contributed by atoms with Crippen molar-refractivity contribution in [2.24, 2.45) is 0 Å². The second-order valence-electron chi connectivity index (χ2n) is 12.4. The molecule has 5 aromatic carbocycles. The van der Waals surface area contributed by atoms with Gasteiger partial charge in [-0.05, 0) is 64.4 Å². The van der Waals surface area contributed by atoms with E-state index in [1.165, 1.54) is 0 Å². The number of benzene rings is 5. The van der Waals surface area contributed by atoms with Gasteiger partial charge in [-0.3, -0.25) is 4.98 Å². The minimum absolute atomic E-state index is 0.801. The van der Waals surface area contributed by atoms with E-state index in [2.05, 4.69) is 136 Å². The third-order valence-electron chi connectivity index (χ3n) is 9.47. The number of hydrogen-bond acceptors (Lipinski definition) is 6. The van der Waals surface area contributed by atoms with Gasteiger partial charge in [-0.1, -0.05) is 97.1 Å². The Morgan fingerprint density at radius 3 is 1.62 bits per heavy atom. The predicted octanol–water partition coefficient (Wildman–Crippen LogP) is 10.5. The molecule has 0 saturated heterocycles. The van der Waals surface area contributed by atoms with Gasteiger partial charge < -0.3 is 0 Å². The van der Waals surface area contributed by atoms with Gasteiger partial charge in [-0.25, -0.2) is 24.9 Å². The highest BCUT2D eigenvalue weighted by Crippen LogP contribution is 2.37. The molecule has 0 radical (unpaired) electrons. The summed E-state index contributed by atoms with van der Waals surface area (Å²) < 4.78 is 0.